The van der Waals surface area contributed by atoms with Crippen LogP contribution in [0.3, 0.4) is 0 Å². The van der Waals surface area contributed by atoms with Gasteiger partial charge in [0.1, 0.15) is 0 Å². The monoisotopic (exact) mass is 275 g/mol. The van der Waals surface area contributed by atoms with Crippen molar-refractivity contribution < 1.29 is 0 Å². The smallest absolute Gasteiger partial charge is 0.161 e. The molecule has 0 saturated carbocycles. The van der Waals surface area contributed by atoms with E-state index in [0.29, 0.717) is 5.92 Å². The van der Waals surface area contributed by atoms with Gasteiger partial charge in [-0.05, 0) is 43.0 Å². The number of hydrogen-bond donors (Lipinski definition) is 1. The predicted octanol–water partition coefficient (Wildman–Crippen LogP) is 3.44. The summed E-state index contributed by atoms with van der Waals surface area (Å²) in [6.45, 7) is 5.60. The van der Waals surface area contributed by atoms with Crippen LogP contribution in [0.5, 0.6) is 0 Å². The maximum absolute atomic E-state index is 4.56. The molecule has 19 heavy (non-hydrogen) atoms. The van der Waals surface area contributed by atoms with Crippen molar-refractivity contribution in [2.75, 3.05) is 35.6 Å². The molecular formula is C15H21N3S. The Labute approximate surface area is 119 Å². The van der Waals surface area contributed by atoms with Crippen LogP contribution in [0.15, 0.2) is 29.3 Å². The fourth-order valence-electron chi connectivity index (χ4n) is 2.49. The van der Waals surface area contributed by atoms with Gasteiger partial charge in [-0.2, -0.15) is 0 Å². The fraction of sp³-hybridized carbons (Fsp3) is 0.533. The van der Waals surface area contributed by atoms with Gasteiger partial charge in [0, 0.05) is 36.8 Å². The molecule has 2 heterocycles. The molecule has 0 spiro atoms. The van der Waals surface area contributed by atoms with Crippen molar-refractivity contribution in [2.24, 2.45) is 10.9 Å². The van der Waals surface area contributed by atoms with Crippen LogP contribution < -0.4 is 10.2 Å². The molecule has 1 atom stereocenters. The van der Waals surface area contributed by atoms with Gasteiger partial charge in [-0.15, -0.1) is 0 Å². The predicted molar refractivity (Wildman–Crippen MR) is 85.4 cm³/mol. The van der Waals surface area contributed by atoms with E-state index in [4.69, 9.17) is 0 Å². The number of amidine groups is 1. The zero-order chi connectivity index (χ0) is 13.1. The third-order valence-electron chi connectivity index (χ3n) is 3.64. The average molecular weight is 275 g/mol. The third kappa shape index (κ3) is 3.24. The summed E-state index contributed by atoms with van der Waals surface area (Å²) in [5.74, 6) is 1.87. The van der Waals surface area contributed by atoms with Crippen molar-refractivity contribution in [2.45, 2.75) is 19.8 Å². The van der Waals surface area contributed by atoms with Gasteiger partial charge in [-0.1, -0.05) is 18.7 Å². The van der Waals surface area contributed by atoms with Gasteiger partial charge in [0.25, 0.3) is 0 Å². The standard InChI is InChI=1S/C15H21N3S/c1-12-10-16-15(19-11-12)17-13-4-6-14(7-5-13)18-8-2-3-9-18/h4-7,12H,2-3,8-11H2,1H3,(H,16,17). The van der Waals surface area contributed by atoms with Gasteiger partial charge >= 0.3 is 0 Å². The number of rotatable bonds is 2. The number of nitrogens with one attached hydrogen (secondary N) is 1. The molecular weight excluding hydrogens is 254 g/mol. The molecule has 4 heteroatoms. The van der Waals surface area contributed by atoms with Gasteiger partial charge in [0.05, 0.1) is 0 Å². The molecule has 102 valence electrons. The minimum atomic E-state index is 0.702. The number of aliphatic imine (C=N–C) groups is 1. The van der Waals surface area contributed by atoms with Crippen LogP contribution >= 0.6 is 11.8 Å². The van der Waals surface area contributed by atoms with E-state index < -0.39 is 0 Å². The molecule has 3 rings (SSSR count). The van der Waals surface area contributed by atoms with Crippen LogP contribution in [0, 0.1) is 5.92 Å². The molecule has 0 bridgehead atoms. The second-order valence-corrected chi connectivity index (χ2v) is 6.44. The Bertz CT molecular complexity index is 449. The van der Waals surface area contributed by atoms with Crippen LogP contribution in [0.4, 0.5) is 11.4 Å². The fourth-order valence-corrected chi connectivity index (χ4v) is 3.39. The van der Waals surface area contributed by atoms with E-state index in [9.17, 15) is 0 Å². The molecule has 1 aromatic carbocycles. The highest BCUT2D eigenvalue weighted by Gasteiger charge is 2.13. The van der Waals surface area contributed by atoms with Gasteiger partial charge in [-0.3, -0.25) is 4.99 Å². The second-order valence-electron chi connectivity index (χ2n) is 5.43. The van der Waals surface area contributed by atoms with E-state index in [1.165, 1.54) is 31.6 Å². The highest BCUT2D eigenvalue weighted by Crippen LogP contribution is 2.24. The van der Waals surface area contributed by atoms with Crippen molar-refractivity contribution in [3.8, 4) is 0 Å². The van der Waals surface area contributed by atoms with Gasteiger partial charge in [0.2, 0.25) is 0 Å². The lowest BCUT2D eigenvalue weighted by Crippen LogP contribution is -2.19. The Morgan fingerprint density at radius 1 is 1.21 bits per heavy atom. The minimum absolute atomic E-state index is 0.702. The molecule has 1 aromatic rings. The van der Waals surface area contributed by atoms with Crippen LogP contribution in [-0.2, 0) is 0 Å². The SMILES string of the molecule is CC1CN=C(Nc2ccc(N3CCCC3)cc2)SC1. The molecule has 0 aliphatic carbocycles. The Balaban J connectivity index is 1.62. The number of hydrogen-bond acceptors (Lipinski definition) is 4. The van der Waals surface area contributed by atoms with E-state index >= 15 is 0 Å². The number of benzene rings is 1. The highest BCUT2D eigenvalue weighted by atomic mass is 32.2. The molecule has 0 amide bonds. The van der Waals surface area contributed by atoms with Crippen molar-refractivity contribution in [1.82, 2.24) is 0 Å². The Morgan fingerprint density at radius 2 is 1.95 bits per heavy atom. The van der Waals surface area contributed by atoms with E-state index in [-0.39, 0.29) is 0 Å². The summed E-state index contributed by atoms with van der Waals surface area (Å²) in [4.78, 5) is 7.02. The number of thioether (sulfide) groups is 1. The summed E-state index contributed by atoms with van der Waals surface area (Å²) in [5, 5.41) is 4.48. The van der Waals surface area contributed by atoms with Crippen LogP contribution in [0.25, 0.3) is 0 Å². The molecule has 0 radical (unpaired) electrons. The maximum atomic E-state index is 4.56. The molecule has 0 aromatic heterocycles. The van der Waals surface area contributed by atoms with Crippen molar-refractivity contribution >= 4 is 28.3 Å². The second kappa shape index (κ2) is 5.87. The average Bonchev–Trinajstić information content (AvgIpc) is 2.96. The Kier molecular flexibility index (Phi) is 3.97. The normalized spacial score (nSPS) is 23.3. The summed E-state index contributed by atoms with van der Waals surface area (Å²) < 4.78 is 0. The van der Waals surface area contributed by atoms with Crippen LogP contribution in [-0.4, -0.2) is 30.6 Å². The summed E-state index contributed by atoms with van der Waals surface area (Å²) in [6, 6.07) is 8.75. The summed E-state index contributed by atoms with van der Waals surface area (Å²) >= 11 is 1.82. The molecule has 1 saturated heterocycles. The van der Waals surface area contributed by atoms with Gasteiger partial charge in [-0.25, -0.2) is 0 Å². The van der Waals surface area contributed by atoms with E-state index in [1.807, 2.05) is 11.8 Å². The molecule has 2 aliphatic rings. The summed E-state index contributed by atoms with van der Waals surface area (Å²) in [6.07, 6.45) is 2.65. The maximum Gasteiger partial charge on any atom is 0.161 e. The lowest BCUT2D eigenvalue weighted by molar-refractivity contribution is 0.674. The summed E-state index contributed by atoms with van der Waals surface area (Å²) in [5.41, 5.74) is 2.48. The van der Waals surface area contributed by atoms with E-state index in [1.54, 1.807) is 0 Å². The van der Waals surface area contributed by atoms with Gasteiger partial charge < -0.3 is 10.2 Å². The number of nitrogens with zero attached hydrogens (tertiary/aromatic N) is 2. The quantitative estimate of drug-likeness (QED) is 0.896. The van der Waals surface area contributed by atoms with Crippen molar-refractivity contribution in [1.29, 1.82) is 0 Å². The van der Waals surface area contributed by atoms with Gasteiger partial charge in [0.15, 0.2) is 5.17 Å². The molecule has 3 nitrogen and oxygen atoms in total. The molecule has 1 fully saturated rings. The third-order valence-corrected chi connectivity index (χ3v) is 4.88. The highest BCUT2D eigenvalue weighted by molar-refractivity contribution is 8.14. The minimum Gasteiger partial charge on any atom is -0.372 e. The first-order valence-electron chi connectivity index (χ1n) is 7.10. The van der Waals surface area contributed by atoms with Crippen molar-refractivity contribution in [3.05, 3.63) is 24.3 Å². The number of anilines is 2. The van der Waals surface area contributed by atoms with Crippen LogP contribution in [0.1, 0.15) is 19.8 Å². The Hall–Kier alpha value is -1.16. The largest absolute Gasteiger partial charge is 0.372 e. The molecule has 1 N–H and O–H groups in total. The lowest BCUT2D eigenvalue weighted by Gasteiger charge is -2.20. The van der Waals surface area contributed by atoms with Crippen molar-refractivity contribution in [3.63, 3.8) is 0 Å². The zero-order valence-corrected chi connectivity index (χ0v) is 12.2. The first-order valence-corrected chi connectivity index (χ1v) is 8.09. The van der Waals surface area contributed by atoms with Crippen LogP contribution in [0.2, 0.25) is 0 Å². The molecule has 1 unspecified atom stereocenters. The molecule has 2 aliphatic heterocycles. The topological polar surface area (TPSA) is 27.6 Å². The zero-order valence-electron chi connectivity index (χ0n) is 11.4. The lowest BCUT2D eigenvalue weighted by atomic mass is 10.2. The summed E-state index contributed by atoms with van der Waals surface area (Å²) in [7, 11) is 0. The first-order chi connectivity index (χ1) is 9.31. The van der Waals surface area contributed by atoms with E-state index in [2.05, 4.69) is 46.4 Å². The van der Waals surface area contributed by atoms with E-state index in [0.717, 1.165) is 23.2 Å². The Morgan fingerprint density at radius 3 is 2.58 bits per heavy atom. The first kappa shape index (κ1) is 12.9.